The van der Waals surface area contributed by atoms with E-state index >= 15 is 0 Å². The molecule has 0 atom stereocenters. The lowest BCUT2D eigenvalue weighted by atomic mass is 10.1. The quantitative estimate of drug-likeness (QED) is 0.562. The Kier molecular flexibility index (Phi) is 6.47. The summed E-state index contributed by atoms with van der Waals surface area (Å²) in [5, 5.41) is 3.51. The largest absolute Gasteiger partial charge is 0.321 e. The molecule has 3 aromatic carbocycles. The van der Waals surface area contributed by atoms with Crippen LogP contribution in [0.25, 0.3) is 0 Å². The highest BCUT2D eigenvalue weighted by Crippen LogP contribution is 2.26. The fourth-order valence-electron chi connectivity index (χ4n) is 2.71. The third-order valence-corrected chi connectivity index (χ3v) is 5.85. The molecule has 0 saturated heterocycles. The maximum Gasteiger partial charge on any atom is 0.255 e. The Morgan fingerprint density at radius 1 is 0.966 bits per heavy atom. The van der Waals surface area contributed by atoms with Gasteiger partial charge in [-0.2, -0.15) is 0 Å². The van der Waals surface area contributed by atoms with Gasteiger partial charge in [-0.15, -0.1) is 0 Å². The van der Waals surface area contributed by atoms with Gasteiger partial charge in [0.1, 0.15) is 0 Å². The second-order valence-electron chi connectivity index (χ2n) is 6.38. The molecule has 0 fully saturated rings. The number of halogens is 2. The van der Waals surface area contributed by atoms with Crippen LogP contribution in [0.4, 0.5) is 11.4 Å². The van der Waals surface area contributed by atoms with Crippen LogP contribution in [0.1, 0.15) is 15.9 Å². The van der Waals surface area contributed by atoms with E-state index in [4.69, 9.17) is 23.2 Å². The maximum atomic E-state index is 12.5. The number of nitrogens with one attached hydrogen (secondary N) is 1. The molecule has 3 rings (SSSR count). The first-order chi connectivity index (χ1) is 13.7. The van der Waals surface area contributed by atoms with Gasteiger partial charge >= 0.3 is 0 Å². The molecule has 150 valence electrons. The summed E-state index contributed by atoms with van der Waals surface area (Å²) < 4.78 is 25.9. The summed E-state index contributed by atoms with van der Waals surface area (Å²) in [6.07, 6.45) is 1.15. The van der Waals surface area contributed by atoms with Crippen molar-refractivity contribution in [1.82, 2.24) is 0 Å². The Balaban J connectivity index is 1.80. The van der Waals surface area contributed by atoms with Crippen LogP contribution in [-0.2, 0) is 16.6 Å². The molecule has 29 heavy (non-hydrogen) atoms. The number of amides is 1. The minimum atomic E-state index is -3.50. The molecule has 1 N–H and O–H groups in total. The Hall–Kier alpha value is -2.54. The predicted octanol–water partition coefficient (Wildman–Crippen LogP) is 5.21. The van der Waals surface area contributed by atoms with E-state index in [1.54, 1.807) is 36.4 Å². The second kappa shape index (κ2) is 8.86. The fraction of sp³-hybridized carbons (Fsp3) is 0.0952. The molecule has 0 aliphatic rings. The van der Waals surface area contributed by atoms with E-state index in [1.807, 2.05) is 30.3 Å². The smallest absolute Gasteiger partial charge is 0.255 e. The number of hydrogen-bond acceptors (Lipinski definition) is 3. The van der Waals surface area contributed by atoms with Crippen molar-refractivity contribution in [2.24, 2.45) is 0 Å². The van der Waals surface area contributed by atoms with Gasteiger partial charge in [0, 0.05) is 10.6 Å². The second-order valence-corrected chi connectivity index (χ2v) is 9.13. The van der Waals surface area contributed by atoms with E-state index in [2.05, 4.69) is 5.32 Å². The van der Waals surface area contributed by atoms with Gasteiger partial charge in [0.05, 0.1) is 29.2 Å². The van der Waals surface area contributed by atoms with Crippen molar-refractivity contribution in [3.05, 3.63) is 94.0 Å². The topological polar surface area (TPSA) is 66.5 Å². The zero-order valence-electron chi connectivity index (χ0n) is 15.5. The number of nitrogens with zero attached hydrogens (tertiary/aromatic N) is 1. The molecule has 0 aromatic heterocycles. The molecule has 0 bridgehead atoms. The van der Waals surface area contributed by atoms with Gasteiger partial charge < -0.3 is 5.32 Å². The first-order valence-electron chi connectivity index (χ1n) is 8.62. The molecule has 5 nitrogen and oxygen atoms in total. The maximum absolute atomic E-state index is 12.5. The van der Waals surface area contributed by atoms with E-state index in [9.17, 15) is 13.2 Å². The summed E-state index contributed by atoms with van der Waals surface area (Å²) >= 11 is 11.9. The van der Waals surface area contributed by atoms with Gasteiger partial charge in [0.25, 0.3) is 5.91 Å². The summed E-state index contributed by atoms with van der Waals surface area (Å²) in [5.74, 6) is -0.366. The summed E-state index contributed by atoms with van der Waals surface area (Å²) in [4.78, 5) is 12.5. The van der Waals surface area contributed by atoms with Crippen molar-refractivity contribution in [2.45, 2.75) is 6.54 Å². The van der Waals surface area contributed by atoms with E-state index < -0.39 is 10.0 Å². The first-order valence-corrected chi connectivity index (χ1v) is 11.2. The lowest BCUT2D eigenvalue weighted by Gasteiger charge is -2.22. The van der Waals surface area contributed by atoms with Crippen molar-refractivity contribution in [3.8, 4) is 0 Å². The summed E-state index contributed by atoms with van der Waals surface area (Å²) in [6, 6.07) is 20.4. The van der Waals surface area contributed by atoms with Crippen molar-refractivity contribution >= 4 is 50.5 Å². The van der Waals surface area contributed by atoms with E-state index in [1.165, 1.54) is 10.4 Å². The number of rotatable bonds is 6. The average molecular weight is 449 g/mol. The molecule has 1 amide bonds. The SMILES string of the molecule is CS(=O)(=O)N(Cc1ccccc1)c1ccc(C(=O)Nc2ccc(Cl)cc2Cl)cc1. The Bertz CT molecular complexity index is 1120. The van der Waals surface area contributed by atoms with E-state index in [0.717, 1.165) is 11.8 Å². The molecule has 0 radical (unpaired) electrons. The van der Waals surface area contributed by atoms with Crippen molar-refractivity contribution in [1.29, 1.82) is 0 Å². The molecule has 0 aliphatic heterocycles. The zero-order valence-corrected chi connectivity index (χ0v) is 17.8. The third kappa shape index (κ3) is 5.50. The van der Waals surface area contributed by atoms with Crippen molar-refractivity contribution in [3.63, 3.8) is 0 Å². The number of carbonyl (C=O) groups excluding carboxylic acids is 1. The van der Waals surface area contributed by atoms with Gasteiger partial charge in [-0.3, -0.25) is 9.10 Å². The molecule has 0 saturated carbocycles. The molecule has 0 aliphatic carbocycles. The number of anilines is 2. The number of hydrogen-bond donors (Lipinski definition) is 1. The lowest BCUT2D eigenvalue weighted by molar-refractivity contribution is 0.102. The van der Waals surface area contributed by atoms with E-state index in [0.29, 0.717) is 27.0 Å². The minimum Gasteiger partial charge on any atom is -0.321 e. The Labute approximate surface area is 179 Å². The van der Waals surface area contributed by atoms with Crippen LogP contribution in [-0.4, -0.2) is 20.6 Å². The van der Waals surface area contributed by atoms with Gasteiger partial charge in [0.2, 0.25) is 10.0 Å². The number of benzene rings is 3. The molecule has 3 aromatic rings. The standard InChI is InChI=1S/C21H18Cl2N2O3S/c1-29(27,28)25(14-15-5-3-2-4-6-15)18-10-7-16(8-11-18)21(26)24-20-12-9-17(22)13-19(20)23/h2-13H,14H2,1H3,(H,24,26). The zero-order chi connectivity index (χ0) is 21.0. The number of sulfonamides is 1. The summed E-state index contributed by atoms with van der Waals surface area (Å²) in [5.41, 5.74) is 2.13. The fourth-order valence-corrected chi connectivity index (χ4v) is 4.06. The van der Waals surface area contributed by atoms with Gasteiger partial charge in [0.15, 0.2) is 0 Å². The molecular formula is C21H18Cl2N2O3S. The van der Waals surface area contributed by atoms with Gasteiger partial charge in [-0.25, -0.2) is 8.42 Å². The van der Waals surface area contributed by atoms with Crippen LogP contribution >= 0.6 is 23.2 Å². The Morgan fingerprint density at radius 2 is 1.62 bits per heavy atom. The predicted molar refractivity (Wildman–Crippen MR) is 118 cm³/mol. The third-order valence-electron chi connectivity index (χ3n) is 4.17. The highest BCUT2D eigenvalue weighted by Gasteiger charge is 2.18. The van der Waals surface area contributed by atoms with Crippen LogP contribution < -0.4 is 9.62 Å². The molecule has 8 heteroatoms. The molecular weight excluding hydrogens is 431 g/mol. The van der Waals surface area contributed by atoms with Crippen LogP contribution in [0.3, 0.4) is 0 Å². The average Bonchev–Trinajstić information content (AvgIpc) is 2.68. The van der Waals surface area contributed by atoms with Crippen LogP contribution in [0, 0.1) is 0 Å². The van der Waals surface area contributed by atoms with E-state index in [-0.39, 0.29) is 12.5 Å². The van der Waals surface area contributed by atoms with Crippen LogP contribution in [0.15, 0.2) is 72.8 Å². The van der Waals surface area contributed by atoms with Crippen LogP contribution in [0.5, 0.6) is 0 Å². The number of carbonyl (C=O) groups is 1. The van der Waals surface area contributed by atoms with Crippen molar-refractivity contribution < 1.29 is 13.2 Å². The molecule has 0 spiro atoms. The van der Waals surface area contributed by atoms with Gasteiger partial charge in [-0.1, -0.05) is 53.5 Å². The van der Waals surface area contributed by atoms with Crippen molar-refractivity contribution in [2.75, 3.05) is 15.9 Å². The summed E-state index contributed by atoms with van der Waals surface area (Å²) in [7, 11) is -3.50. The normalized spacial score (nSPS) is 11.1. The minimum absolute atomic E-state index is 0.200. The highest BCUT2D eigenvalue weighted by atomic mass is 35.5. The van der Waals surface area contributed by atoms with Gasteiger partial charge in [-0.05, 0) is 48.0 Å². The molecule has 0 heterocycles. The monoisotopic (exact) mass is 448 g/mol. The highest BCUT2D eigenvalue weighted by molar-refractivity contribution is 7.92. The summed E-state index contributed by atoms with van der Waals surface area (Å²) in [6.45, 7) is 0.200. The lowest BCUT2D eigenvalue weighted by Crippen LogP contribution is -2.29. The first kappa shape index (κ1) is 21.2. The Morgan fingerprint density at radius 3 is 2.21 bits per heavy atom. The van der Waals surface area contributed by atoms with Crippen LogP contribution in [0.2, 0.25) is 10.0 Å². The molecule has 0 unspecified atom stereocenters.